The maximum absolute atomic E-state index is 11.9. The maximum atomic E-state index is 11.9. The van der Waals surface area contributed by atoms with Gasteiger partial charge in [0.1, 0.15) is 11.6 Å². The summed E-state index contributed by atoms with van der Waals surface area (Å²) in [5, 5.41) is 17.8. The van der Waals surface area contributed by atoms with Gasteiger partial charge in [-0.05, 0) is 12.1 Å². The number of aliphatic hydroxyl groups excluding tert-OH is 1. The fourth-order valence-corrected chi connectivity index (χ4v) is 0.754. The molecule has 8 heteroatoms. The van der Waals surface area contributed by atoms with Crippen LogP contribution in [0, 0.1) is 0 Å². The number of aliphatic hydroxyl groups is 1. The fourth-order valence-electron chi connectivity index (χ4n) is 0.754. The number of hydrogen-bond acceptors (Lipinski definition) is 5. The lowest BCUT2D eigenvalue weighted by Crippen LogP contribution is -2.35. The SMILES string of the molecule is Nc1ccc(NCC(O)C(F)(F)F)nn1. The van der Waals surface area contributed by atoms with Gasteiger partial charge in [-0.15, -0.1) is 10.2 Å². The van der Waals surface area contributed by atoms with E-state index in [1.807, 2.05) is 0 Å². The van der Waals surface area contributed by atoms with Gasteiger partial charge in [0, 0.05) is 0 Å². The van der Waals surface area contributed by atoms with Crippen LogP contribution in [-0.2, 0) is 0 Å². The van der Waals surface area contributed by atoms with Gasteiger partial charge in [-0.2, -0.15) is 13.2 Å². The van der Waals surface area contributed by atoms with Crippen LogP contribution in [0.5, 0.6) is 0 Å². The lowest BCUT2D eigenvalue weighted by Gasteiger charge is -2.14. The molecule has 0 fully saturated rings. The Morgan fingerprint density at radius 2 is 2.07 bits per heavy atom. The van der Waals surface area contributed by atoms with E-state index in [1.54, 1.807) is 0 Å². The number of nitrogens with one attached hydrogen (secondary N) is 1. The van der Waals surface area contributed by atoms with E-state index >= 15 is 0 Å². The first-order valence-corrected chi connectivity index (χ1v) is 3.97. The van der Waals surface area contributed by atoms with E-state index in [9.17, 15) is 13.2 Å². The Labute approximate surface area is 83.1 Å². The van der Waals surface area contributed by atoms with Crippen LogP contribution >= 0.6 is 0 Å². The third-order valence-corrected chi connectivity index (χ3v) is 1.54. The Kier molecular flexibility index (Phi) is 3.30. The molecule has 1 unspecified atom stereocenters. The molecule has 0 saturated heterocycles. The van der Waals surface area contributed by atoms with Crippen molar-refractivity contribution in [1.82, 2.24) is 10.2 Å². The molecule has 0 aliphatic carbocycles. The zero-order valence-electron chi connectivity index (χ0n) is 7.49. The molecule has 1 atom stereocenters. The molecule has 0 aliphatic heterocycles. The number of nitrogens with two attached hydrogens (primary N) is 1. The number of rotatable bonds is 3. The highest BCUT2D eigenvalue weighted by Gasteiger charge is 2.37. The van der Waals surface area contributed by atoms with Crippen LogP contribution in [0.1, 0.15) is 0 Å². The van der Waals surface area contributed by atoms with Crippen LogP contribution in [0.25, 0.3) is 0 Å². The van der Waals surface area contributed by atoms with Crippen molar-refractivity contribution < 1.29 is 18.3 Å². The molecule has 0 bridgehead atoms. The van der Waals surface area contributed by atoms with Crippen LogP contribution in [0.3, 0.4) is 0 Å². The van der Waals surface area contributed by atoms with Crippen LogP contribution in [0.4, 0.5) is 24.8 Å². The summed E-state index contributed by atoms with van der Waals surface area (Å²) < 4.78 is 35.6. The first kappa shape index (κ1) is 11.5. The highest BCUT2D eigenvalue weighted by molar-refractivity contribution is 5.38. The molecule has 0 aromatic carbocycles. The first-order chi connectivity index (χ1) is 6.89. The molecule has 0 amide bonds. The van der Waals surface area contributed by atoms with Crippen molar-refractivity contribution in [2.45, 2.75) is 12.3 Å². The van der Waals surface area contributed by atoms with Gasteiger partial charge >= 0.3 is 6.18 Å². The van der Waals surface area contributed by atoms with Crippen LogP contribution in [0.2, 0.25) is 0 Å². The Morgan fingerprint density at radius 1 is 1.40 bits per heavy atom. The Bertz CT molecular complexity index is 313. The zero-order chi connectivity index (χ0) is 11.5. The van der Waals surface area contributed by atoms with Crippen molar-refractivity contribution in [1.29, 1.82) is 0 Å². The van der Waals surface area contributed by atoms with Crippen molar-refractivity contribution in [3.63, 3.8) is 0 Å². The third-order valence-electron chi connectivity index (χ3n) is 1.54. The first-order valence-electron chi connectivity index (χ1n) is 3.97. The third kappa shape index (κ3) is 3.58. The number of anilines is 2. The monoisotopic (exact) mass is 222 g/mol. The number of nitrogen functional groups attached to an aromatic ring is 1. The van der Waals surface area contributed by atoms with Crippen molar-refractivity contribution in [3.05, 3.63) is 12.1 Å². The van der Waals surface area contributed by atoms with Crippen molar-refractivity contribution >= 4 is 11.6 Å². The summed E-state index contributed by atoms with van der Waals surface area (Å²) in [7, 11) is 0. The maximum Gasteiger partial charge on any atom is 0.416 e. The quantitative estimate of drug-likeness (QED) is 0.689. The summed E-state index contributed by atoms with van der Waals surface area (Å²) >= 11 is 0. The summed E-state index contributed by atoms with van der Waals surface area (Å²) in [6.07, 6.45) is -7.08. The van der Waals surface area contributed by atoms with E-state index in [0.717, 1.165) is 0 Å². The topological polar surface area (TPSA) is 84.1 Å². The minimum atomic E-state index is -4.64. The molecule has 0 radical (unpaired) electrons. The molecule has 0 aliphatic rings. The summed E-state index contributed by atoms with van der Waals surface area (Å²) in [5.74, 6) is 0.282. The smallest absolute Gasteiger partial charge is 0.382 e. The lowest BCUT2D eigenvalue weighted by atomic mass is 10.3. The predicted octanol–water partition coefficient (Wildman–Crippen LogP) is 0.394. The molecule has 5 nitrogen and oxygen atoms in total. The average molecular weight is 222 g/mol. The lowest BCUT2D eigenvalue weighted by molar-refractivity contribution is -0.198. The number of alkyl halides is 3. The van der Waals surface area contributed by atoms with E-state index in [-0.39, 0.29) is 11.6 Å². The van der Waals surface area contributed by atoms with Gasteiger partial charge in [0.2, 0.25) is 0 Å². The average Bonchev–Trinajstić information content (AvgIpc) is 2.15. The molecule has 0 spiro atoms. The van der Waals surface area contributed by atoms with Gasteiger partial charge in [0.15, 0.2) is 6.10 Å². The van der Waals surface area contributed by atoms with Gasteiger partial charge in [-0.3, -0.25) is 0 Å². The van der Waals surface area contributed by atoms with E-state index in [0.29, 0.717) is 0 Å². The van der Waals surface area contributed by atoms with Gasteiger partial charge in [-0.25, -0.2) is 0 Å². The van der Waals surface area contributed by atoms with E-state index < -0.39 is 18.8 Å². The summed E-state index contributed by atoms with van der Waals surface area (Å²) in [6.45, 7) is -0.678. The molecule has 1 rings (SSSR count). The standard InChI is InChI=1S/C7H9F3N4O/c8-7(9,10)4(15)3-12-6-2-1-5(11)13-14-6/h1-2,4,15H,3H2,(H2,11,13)(H,12,14). The van der Waals surface area contributed by atoms with Gasteiger partial charge in [0.25, 0.3) is 0 Å². The van der Waals surface area contributed by atoms with Crippen LogP contribution in [-0.4, -0.2) is 34.1 Å². The zero-order valence-corrected chi connectivity index (χ0v) is 7.49. The summed E-state index contributed by atoms with van der Waals surface area (Å²) in [6, 6.07) is 2.75. The number of hydrogen-bond donors (Lipinski definition) is 3. The Hall–Kier alpha value is -1.57. The van der Waals surface area contributed by atoms with Gasteiger partial charge in [-0.1, -0.05) is 0 Å². The second kappa shape index (κ2) is 4.30. The highest BCUT2D eigenvalue weighted by atomic mass is 19.4. The molecule has 1 aromatic rings. The fraction of sp³-hybridized carbons (Fsp3) is 0.429. The van der Waals surface area contributed by atoms with Gasteiger partial charge < -0.3 is 16.2 Å². The Balaban J connectivity index is 2.47. The summed E-state index contributed by atoms with van der Waals surface area (Å²) in [5.41, 5.74) is 5.22. The van der Waals surface area contributed by atoms with E-state index in [4.69, 9.17) is 10.8 Å². The molecule has 1 heterocycles. The minimum absolute atomic E-state index is 0.118. The largest absolute Gasteiger partial charge is 0.416 e. The number of nitrogens with zero attached hydrogens (tertiary/aromatic N) is 2. The molecule has 1 aromatic heterocycles. The molecular weight excluding hydrogens is 213 g/mol. The molecule has 15 heavy (non-hydrogen) atoms. The van der Waals surface area contributed by atoms with Crippen molar-refractivity contribution in [2.75, 3.05) is 17.6 Å². The second-order valence-corrected chi connectivity index (χ2v) is 2.78. The van der Waals surface area contributed by atoms with E-state index in [2.05, 4.69) is 15.5 Å². The molecular formula is C7H9F3N4O. The van der Waals surface area contributed by atoms with Crippen LogP contribution < -0.4 is 11.1 Å². The molecule has 0 saturated carbocycles. The minimum Gasteiger partial charge on any atom is -0.382 e. The number of halogens is 3. The predicted molar refractivity (Wildman–Crippen MR) is 47.0 cm³/mol. The van der Waals surface area contributed by atoms with Crippen LogP contribution in [0.15, 0.2) is 12.1 Å². The van der Waals surface area contributed by atoms with Crippen molar-refractivity contribution in [2.24, 2.45) is 0 Å². The highest BCUT2D eigenvalue weighted by Crippen LogP contribution is 2.20. The van der Waals surface area contributed by atoms with E-state index in [1.165, 1.54) is 12.1 Å². The Morgan fingerprint density at radius 3 is 2.53 bits per heavy atom. The molecule has 84 valence electrons. The number of aromatic nitrogens is 2. The second-order valence-electron chi connectivity index (χ2n) is 2.78. The normalized spacial score (nSPS) is 13.6. The molecule has 4 N–H and O–H groups in total. The summed E-state index contributed by atoms with van der Waals surface area (Å²) in [4.78, 5) is 0. The van der Waals surface area contributed by atoms with Crippen molar-refractivity contribution in [3.8, 4) is 0 Å². The van der Waals surface area contributed by atoms with Gasteiger partial charge in [0.05, 0.1) is 6.54 Å².